The van der Waals surface area contributed by atoms with Crippen molar-refractivity contribution in [2.75, 3.05) is 32.0 Å². The Labute approximate surface area is 195 Å². The number of hydrogen-bond donors (Lipinski definition) is 2. The molecule has 2 aromatic carbocycles. The van der Waals surface area contributed by atoms with Gasteiger partial charge < -0.3 is 24.8 Å². The fourth-order valence-electron chi connectivity index (χ4n) is 4.28. The molecule has 0 bridgehead atoms. The summed E-state index contributed by atoms with van der Waals surface area (Å²) in [6.07, 6.45) is 7.78. The molecule has 0 spiro atoms. The van der Waals surface area contributed by atoms with E-state index in [1.165, 1.54) is 53.4 Å². The van der Waals surface area contributed by atoms with E-state index in [1.54, 1.807) is 18.2 Å². The normalized spacial score (nSPS) is 13.8. The van der Waals surface area contributed by atoms with E-state index >= 15 is 0 Å². The summed E-state index contributed by atoms with van der Waals surface area (Å²) in [6, 6.07) is 8.71. The van der Waals surface area contributed by atoms with Crippen molar-refractivity contribution in [3.05, 3.63) is 41.5 Å². The third-order valence-electron chi connectivity index (χ3n) is 6.20. The molecule has 1 aliphatic rings. The van der Waals surface area contributed by atoms with Gasteiger partial charge in [-0.2, -0.15) is 0 Å². The fourth-order valence-corrected chi connectivity index (χ4v) is 4.28. The minimum Gasteiger partial charge on any atom is -0.493 e. The van der Waals surface area contributed by atoms with Crippen LogP contribution in [-0.4, -0.2) is 33.1 Å². The number of aryl methyl sites for hydroxylation is 1. The summed E-state index contributed by atoms with van der Waals surface area (Å²) in [5.41, 5.74) is 2.54. The Morgan fingerprint density at radius 2 is 1.58 bits per heavy atom. The summed E-state index contributed by atoms with van der Waals surface area (Å²) in [7, 11) is 4.52. The van der Waals surface area contributed by atoms with Crippen LogP contribution < -0.4 is 24.8 Å². The zero-order valence-electron chi connectivity index (χ0n) is 20.0. The Hall–Kier alpha value is -3.22. The number of ether oxygens (including phenoxy) is 3. The predicted octanol–water partition coefficient (Wildman–Crippen LogP) is 5.57. The molecular formula is C26H34N2O5. The third-order valence-corrected chi connectivity index (χ3v) is 6.20. The van der Waals surface area contributed by atoms with Gasteiger partial charge in [0.2, 0.25) is 11.7 Å². The molecule has 0 unspecified atom stereocenters. The first-order valence-corrected chi connectivity index (χ1v) is 11.5. The minimum absolute atomic E-state index is 0.00586. The van der Waals surface area contributed by atoms with Gasteiger partial charge in [-0.05, 0) is 49.1 Å². The molecule has 178 valence electrons. The molecule has 3 rings (SSSR count). The molecule has 0 aliphatic heterocycles. The lowest BCUT2D eigenvalue weighted by atomic mass is 9.86. The van der Waals surface area contributed by atoms with Gasteiger partial charge in [-0.3, -0.25) is 9.59 Å². The van der Waals surface area contributed by atoms with Gasteiger partial charge in [0.25, 0.3) is 5.91 Å². The van der Waals surface area contributed by atoms with Gasteiger partial charge in [0.1, 0.15) is 0 Å². The number of methoxy groups -OCH3 is 3. The molecule has 0 saturated heterocycles. The van der Waals surface area contributed by atoms with Crippen LogP contribution in [0.1, 0.15) is 60.9 Å². The van der Waals surface area contributed by atoms with Gasteiger partial charge in [0.05, 0.1) is 21.3 Å². The van der Waals surface area contributed by atoms with Crippen LogP contribution in [-0.2, 0) is 4.79 Å². The maximum Gasteiger partial charge on any atom is 0.255 e. The van der Waals surface area contributed by atoms with Gasteiger partial charge in [0, 0.05) is 23.4 Å². The van der Waals surface area contributed by atoms with E-state index in [0.29, 0.717) is 46.5 Å². The first kappa shape index (κ1) is 24.4. The molecule has 7 heteroatoms. The summed E-state index contributed by atoms with van der Waals surface area (Å²) in [6.45, 7) is 1.90. The van der Waals surface area contributed by atoms with E-state index in [-0.39, 0.29) is 11.8 Å². The molecule has 7 nitrogen and oxygen atoms in total. The number of carbonyl (C=O) groups is 2. The Morgan fingerprint density at radius 1 is 0.909 bits per heavy atom. The Morgan fingerprint density at radius 3 is 2.18 bits per heavy atom. The average molecular weight is 455 g/mol. The van der Waals surface area contributed by atoms with E-state index < -0.39 is 0 Å². The Bertz CT molecular complexity index is 958. The van der Waals surface area contributed by atoms with Crippen molar-refractivity contribution in [3.63, 3.8) is 0 Å². The number of nitrogens with one attached hydrogen (secondary N) is 2. The third kappa shape index (κ3) is 6.40. The fraction of sp³-hybridized carbons (Fsp3) is 0.462. The molecule has 0 aromatic heterocycles. The average Bonchev–Trinajstić information content (AvgIpc) is 2.84. The molecule has 33 heavy (non-hydrogen) atoms. The molecule has 2 N–H and O–H groups in total. The van der Waals surface area contributed by atoms with Gasteiger partial charge in [0.15, 0.2) is 11.5 Å². The van der Waals surface area contributed by atoms with Gasteiger partial charge >= 0.3 is 0 Å². The molecule has 0 radical (unpaired) electrons. The largest absolute Gasteiger partial charge is 0.493 e. The molecule has 1 aliphatic carbocycles. The van der Waals surface area contributed by atoms with Crippen LogP contribution in [0.3, 0.4) is 0 Å². The number of hydrogen-bond acceptors (Lipinski definition) is 5. The maximum atomic E-state index is 13.0. The number of amides is 2. The molecule has 2 aromatic rings. The van der Waals surface area contributed by atoms with Crippen LogP contribution in [0.25, 0.3) is 0 Å². The van der Waals surface area contributed by atoms with E-state index in [2.05, 4.69) is 10.6 Å². The summed E-state index contributed by atoms with van der Waals surface area (Å²) >= 11 is 0. The van der Waals surface area contributed by atoms with Crippen LogP contribution in [0.2, 0.25) is 0 Å². The van der Waals surface area contributed by atoms with Crippen molar-refractivity contribution in [2.45, 2.75) is 51.9 Å². The summed E-state index contributed by atoms with van der Waals surface area (Å²) < 4.78 is 16.0. The first-order chi connectivity index (χ1) is 15.9. The molecular weight excluding hydrogens is 420 g/mol. The molecule has 1 saturated carbocycles. The van der Waals surface area contributed by atoms with Crippen molar-refractivity contribution in [2.24, 2.45) is 5.92 Å². The monoisotopic (exact) mass is 454 g/mol. The molecule has 0 heterocycles. The quantitative estimate of drug-likeness (QED) is 0.517. The predicted molar refractivity (Wildman–Crippen MR) is 130 cm³/mol. The second-order valence-electron chi connectivity index (χ2n) is 8.49. The smallest absolute Gasteiger partial charge is 0.255 e. The van der Waals surface area contributed by atoms with Crippen LogP contribution in [0.15, 0.2) is 30.3 Å². The second-order valence-corrected chi connectivity index (χ2v) is 8.49. The van der Waals surface area contributed by atoms with Gasteiger partial charge in [-0.15, -0.1) is 0 Å². The zero-order valence-corrected chi connectivity index (χ0v) is 20.0. The summed E-state index contributed by atoms with van der Waals surface area (Å²) in [5, 5.41) is 5.89. The maximum absolute atomic E-state index is 13.0. The summed E-state index contributed by atoms with van der Waals surface area (Å²) in [4.78, 5) is 25.4. The zero-order chi connectivity index (χ0) is 23.8. The highest BCUT2D eigenvalue weighted by Gasteiger charge is 2.18. The van der Waals surface area contributed by atoms with Crippen LogP contribution in [0.4, 0.5) is 11.4 Å². The lowest BCUT2D eigenvalue weighted by Crippen LogP contribution is -2.16. The highest BCUT2D eigenvalue weighted by molar-refractivity contribution is 6.06. The Kier molecular flexibility index (Phi) is 8.58. The lowest BCUT2D eigenvalue weighted by Gasteiger charge is -2.21. The highest BCUT2D eigenvalue weighted by atomic mass is 16.5. The van der Waals surface area contributed by atoms with Crippen molar-refractivity contribution >= 4 is 23.2 Å². The van der Waals surface area contributed by atoms with Crippen molar-refractivity contribution in [1.82, 2.24) is 0 Å². The molecule has 1 fully saturated rings. The van der Waals surface area contributed by atoms with Crippen LogP contribution in [0, 0.1) is 12.8 Å². The SMILES string of the molecule is COc1cc(C(=O)Nc2cc(NC(=O)CCC3CCCCC3)ccc2C)cc(OC)c1OC. The summed E-state index contributed by atoms with van der Waals surface area (Å²) in [5.74, 6) is 1.57. The van der Waals surface area contributed by atoms with E-state index in [9.17, 15) is 9.59 Å². The highest BCUT2D eigenvalue weighted by Crippen LogP contribution is 2.38. The molecule has 0 atom stereocenters. The van der Waals surface area contributed by atoms with Gasteiger partial charge in [-0.25, -0.2) is 0 Å². The van der Waals surface area contributed by atoms with Crippen LogP contribution >= 0.6 is 0 Å². The number of carbonyl (C=O) groups excluding carboxylic acids is 2. The first-order valence-electron chi connectivity index (χ1n) is 11.5. The van der Waals surface area contributed by atoms with E-state index in [4.69, 9.17) is 14.2 Å². The number of anilines is 2. The van der Waals surface area contributed by atoms with Crippen molar-refractivity contribution < 1.29 is 23.8 Å². The van der Waals surface area contributed by atoms with E-state index in [0.717, 1.165) is 12.0 Å². The lowest BCUT2D eigenvalue weighted by molar-refractivity contribution is -0.116. The van der Waals surface area contributed by atoms with Gasteiger partial charge in [-0.1, -0.05) is 38.2 Å². The Balaban J connectivity index is 1.68. The van der Waals surface area contributed by atoms with E-state index in [1.807, 2.05) is 19.1 Å². The van der Waals surface area contributed by atoms with Crippen molar-refractivity contribution in [1.29, 1.82) is 0 Å². The minimum atomic E-state index is -0.321. The topological polar surface area (TPSA) is 85.9 Å². The van der Waals surface area contributed by atoms with Crippen molar-refractivity contribution in [3.8, 4) is 17.2 Å². The van der Waals surface area contributed by atoms with Crippen LogP contribution in [0.5, 0.6) is 17.2 Å². The number of rotatable bonds is 9. The number of benzene rings is 2. The standard InChI is InChI=1S/C26H34N2O5/c1-17-10-12-20(27-24(29)13-11-18-8-6-5-7-9-18)16-21(17)28-26(30)19-14-22(31-2)25(33-4)23(15-19)32-3/h10,12,14-16,18H,5-9,11,13H2,1-4H3,(H,27,29)(H,28,30). The molecule has 2 amide bonds. The second kappa shape index (κ2) is 11.6.